The van der Waals surface area contributed by atoms with Gasteiger partial charge in [-0.1, -0.05) is 0 Å². The molecule has 0 amide bonds. The van der Waals surface area contributed by atoms with Crippen molar-refractivity contribution in [2.24, 2.45) is 12.0 Å². The molecule has 4 aromatic heterocycles. The van der Waals surface area contributed by atoms with Gasteiger partial charge in [-0.2, -0.15) is 5.10 Å². The fraction of sp³-hybridized carbons (Fsp3) is 0.150. The number of aliphatic imine (C=N–C) groups is 1. The highest BCUT2D eigenvalue weighted by atomic mass is 79.9. The number of anilines is 1. The third kappa shape index (κ3) is 3.69. The van der Waals surface area contributed by atoms with Gasteiger partial charge < -0.3 is 10.6 Å². The maximum Gasteiger partial charge on any atom is 0.195 e. The third-order valence-electron chi connectivity index (χ3n) is 4.79. The van der Waals surface area contributed by atoms with Crippen LogP contribution in [-0.4, -0.2) is 41.9 Å². The molecule has 0 fully saturated rings. The largest absolute Gasteiger partial charge is 0.346 e. The van der Waals surface area contributed by atoms with E-state index in [4.69, 9.17) is 0 Å². The van der Waals surface area contributed by atoms with Crippen LogP contribution in [0.2, 0.25) is 0 Å². The van der Waals surface area contributed by atoms with Gasteiger partial charge in [-0.15, -0.1) is 10.2 Å². The molecule has 9 nitrogen and oxygen atoms in total. The van der Waals surface area contributed by atoms with Crippen LogP contribution < -0.4 is 10.6 Å². The van der Waals surface area contributed by atoms with E-state index in [0.717, 1.165) is 38.6 Å². The average molecular weight is 464 g/mol. The van der Waals surface area contributed by atoms with E-state index in [1.807, 2.05) is 54.2 Å². The molecule has 30 heavy (non-hydrogen) atoms. The Morgan fingerprint density at radius 1 is 1.20 bits per heavy atom. The molecule has 2 N–H and O–H groups in total. The number of nitrogens with one attached hydrogen (secondary N) is 2. The van der Waals surface area contributed by atoms with Gasteiger partial charge in [-0.05, 0) is 45.8 Å². The van der Waals surface area contributed by atoms with Gasteiger partial charge in [0.25, 0.3) is 0 Å². The third-order valence-corrected chi connectivity index (χ3v) is 5.22. The predicted molar refractivity (Wildman–Crippen MR) is 118 cm³/mol. The van der Waals surface area contributed by atoms with Crippen LogP contribution in [0, 0.1) is 0 Å². The first-order chi connectivity index (χ1) is 14.7. The Bertz CT molecular complexity index is 1270. The van der Waals surface area contributed by atoms with Gasteiger partial charge in [0.1, 0.15) is 11.6 Å². The Kier molecular flexibility index (Phi) is 4.75. The van der Waals surface area contributed by atoms with Gasteiger partial charge >= 0.3 is 0 Å². The van der Waals surface area contributed by atoms with Crippen molar-refractivity contribution < 1.29 is 0 Å². The fourth-order valence-electron chi connectivity index (χ4n) is 3.31. The van der Waals surface area contributed by atoms with Crippen molar-refractivity contribution in [3.05, 3.63) is 76.6 Å². The molecule has 0 bridgehead atoms. The van der Waals surface area contributed by atoms with Crippen molar-refractivity contribution in [3.8, 4) is 0 Å². The number of hydrogen-bond acceptors (Lipinski definition) is 7. The number of halogens is 1. The lowest BCUT2D eigenvalue weighted by Gasteiger charge is -2.23. The summed E-state index contributed by atoms with van der Waals surface area (Å²) in [4.78, 5) is 8.65. The highest BCUT2D eigenvalue weighted by Gasteiger charge is 2.15. The van der Waals surface area contributed by atoms with Gasteiger partial charge in [0.05, 0.1) is 6.20 Å². The van der Waals surface area contributed by atoms with E-state index in [1.165, 1.54) is 0 Å². The monoisotopic (exact) mass is 463 g/mol. The Morgan fingerprint density at radius 2 is 2.13 bits per heavy atom. The van der Waals surface area contributed by atoms with Crippen LogP contribution in [0.3, 0.4) is 0 Å². The highest BCUT2D eigenvalue weighted by Crippen LogP contribution is 2.19. The van der Waals surface area contributed by atoms with E-state index >= 15 is 0 Å². The maximum absolute atomic E-state index is 4.43. The Balaban J connectivity index is 1.36. The summed E-state index contributed by atoms with van der Waals surface area (Å²) in [6, 6.07) is 7.99. The minimum atomic E-state index is -0.283. The maximum atomic E-state index is 4.43. The molecular formula is C20H18BrN9. The summed E-state index contributed by atoms with van der Waals surface area (Å²) in [6.45, 7) is 0. The molecule has 0 aliphatic carbocycles. The topological polar surface area (TPSA) is 97.3 Å². The SMILES string of the molecule is Cn1nccc1NC1N=CC=C(c2ccn3c(Cc4cncc(Br)c4)nnc3c2)N1. The molecule has 1 atom stereocenters. The van der Waals surface area contributed by atoms with Gasteiger partial charge in [-0.25, -0.2) is 4.99 Å². The minimum Gasteiger partial charge on any atom is -0.346 e. The lowest BCUT2D eigenvalue weighted by atomic mass is 10.1. The van der Waals surface area contributed by atoms with E-state index in [-0.39, 0.29) is 6.29 Å². The van der Waals surface area contributed by atoms with E-state index in [0.29, 0.717) is 6.42 Å². The molecule has 0 saturated carbocycles. The Hall–Kier alpha value is -3.53. The van der Waals surface area contributed by atoms with Crippen LogP contribution in [0.4, 0.5) is 5.82 Å². The van der Waals surface area contributed by atoms with Crippen molar-refractivity contribution in [2.45, 2.75) is 12.7 Å². The zero-order valence-electron chi connectivity index (χ0n) is 16.1. The molecule has 5 heterocycles. The van der Waals surface area contributed by atoms with Gasteiger partial charge in [0, 0.05) is 60.1 Å². The number of fused-ring (bicyclic) bond motifs is 1. The Morgan fingerprint density at radius 3 is 2.97 bits per heavy atom. The molecular weight excluding hydrogens is 446 g/mol. The van der Waals surface area contributed by atoms with Crippen LogP contribution in [0.5, 0.6) is 0 Å². The molecule has 0 aromatic carbocycles. The molecule has 1 aliphatic rings. The van der Waals surface area contributed by atoms with Crippen LogP contribution >= 0.6 is 15.9 Å². The first kappa shape index (κ1) is 18.5. The van der Waals surface area contributed by atoms with E-state index in [2.05, 4.69) is 51.8 Å². The van der Waals surface area contributed by atoms with E-state index < -0.39 is 0 Å². The number of nitrogens with zero attached hydrogens (tertiary/aromatic N) is 7. The molecule has 0 spiro atoms. The first-order valence-corrected chi connectivity index (χ1v) is 10.1. The number of aromatic nitrogens is 6. The van der Waals surface area contributed by atoms with Crippen LogP contribution in [0.1, 0.15) is 17.0 Å². The second-order valence-electron chi connectivity index (χ2n) is 6.86. The van der Waals surface area contributed by atoms with Crippen molar-refractivity contribution in [1.82, 2.24) is 34.7 Å². The number of hydrogen-bond donors (Lipinski definition) is 2. The fourth-order valence-corrected chi connectivity index (χ4v) is 3.72. The summed E-state index contributed by atoms with van der Waals surface area (Å²) in [5, 5.41) is 19.6. The number of rotatable bonds is 5. The summed E-state index contributed by atoms with van der Waals surface area (Å²) in [5.74, 6) is 1.74. The zero-order valence-corrected chi connectivity index (χ0v) is 17.7. The van der Waals surface area contributed by atoms with Crippen LogP contribution in [-0.2, 0) is 13.5 Å². The number of allylic oxidation sites excluding steroid dienone is 1. The predicted octanol–water partition coefficient (Wildman–Crippen LogP) is 2.62. The van der Waals surface area contributed by atoms with Crippen molar-refractivity contribution in [3.63, 3.8) is 0 Å². The van der Waals surface area contributed by atoms with Crippen molar-refractivity contribution in [1.29, 1.82) is 0 Å². The van der Waals surface area contributed by atoms with E-state index in [1.54, 1.807) is 23.3 Å². The number of aryl methyl sites for hydroxylation is 1. The van der Waals surface area contributed by atoms with Gasteiger partial charge in [-0.3, -0.25) is 14.1 Å². The second kappa shape index (κ2) is 7.71. The highest BCUT2D eigenvalue weighted by molar-refractivity contribution is 9.10. The lowest BCUT2D eigenvalue weighted by molar-refractivity contribution is 0.674. The quantitative estimate of drug-likeness (QED) is 0.472. The standard InChI is InChI=1S/C20H18BrN9/c1-29-17(3-6-24-29)26-20-23-5-2-16(25-20)14-4-7-30-18(27-28-19(30)10-14)9-13-8-15(21)12-22-11-13/h2-8,10-12,20,25-26H,9H2,1H3. The molecule has 5 rings (SSSR count). The zero-order chi connectivity index (χ0) is 20.5. The molecule has 0 saturated heterocycles. The number of pyridine rings is 2. The Labute approximate surface area is 180 Å². The van der Waals surface area contributed by atoms with E-state index in [9.17, 15) is 0 Å². The summed E-state index contributed by atoms with van der Waals surface area (Å²) in [5.41, 5.74) is 3.81. The molecule has 1 aliphatic heterocycles. The normalized spacial score (nSPS) is 15.8. The smallest absolute Gasteiger partial charge is 0.195 e. The second-order valence-corrected chi connectivity index (χ2v) is 7.77. The first-order valence-electron chi connectivity index (χ1n) is 9.34. The van der Waals surface area contributed by atoms with Crippen molar-refractivity contribution >= 4 is 39.3 Å². The summed E-state index contributed by atoms with van der Waals surface area (Å²) < 4.78 is 4.70. The summed E-state index contributed by atoms with van der Waals surface area (Å²) >= 11 is 3.46. The molecule has 1 unspecified atom stereocenters. The van der Waals surface area contributed by atoms with Crippen LogP contribution in [0.15, 0.2) is 64.6 Å². The summed E-state index contributed by atoms with van der Waals surface area (Å²) in [6.07, 6.45) is 11.4. The van der Waals surface area contributed by atoms with Crippen molar-refractivity contribution in [2.75, 3.05) is 5.32 Å². The lowest BCUT2D eigenvalue weighted by Crippen LogP contribution is -2.36. The summed E-state index contributed by atoms with van der Waals surface area (Å²) in [7, 11) is 1.88. The minimum absolute atomic E-state index is 0.283. The molecule has 0 radical (unpaired) electrons. The molecule has 4 aromatic rings. The average Bonchev–Trinajstić information content (AvgIpc) is 3.34. The van der Waals surface area contributed by atoms with Gasteiger partial charge in [0.2, 0.25) is 0 Å². The molecule has 150 valence electrons. The van der Waals surface area contributed by atoms with Gasteiger partial charge in [0.15, 0.2) is 11.9 Å². The van der Waals surface area contributed by atoms with Crippen LogP contribution in [0.25, 0.3) is 11.3 Å². The molecule has 10 heteroatoms.